The Morgan fingerprint density at radius 3 is 1.67 bits per heavy atom. The first-order valence-electron chi connectivity index (χ1n) is 17.7. The van der Waals surface area contributed by atoms with Gasteiger partial charge in [0.05, 0.1) is 5.69 Å². The second-order valence-electron chi connectivity index (χ2n) is 17.0. The van der Waals surface area contributed by atoms with E-state index in [1.54, 1.807) is 0 Å². The molecule has 0 fully saturated rings. The third kappa shape index (κ3) is 5.21. The van der Waals surface area contributed by atoms with Gasteiger partial charge in [-0.2, -0.15) is 0 Å². The second kappa shape index (κ2) is 10.9. The maximum Gasteiger partial charge on any atom is 0.252 e. The molecule has 0 radical (unpaired) electrons. The highest BCUT2D eigenvalue weighted by Crippen LogP contribution is 2.47. The van der Waals surface area contributed by atoms with Crippen molar-refractivity contribution in [2.45, 2.75) is 78.6 Å². The zero-order chi connectivity index (χ0) is 34.5. The molecule has 0 amide bonds. The summed E-state index contributed by atoms with van der Waals surface area (Å²) in [7, 11) is 0. The number of hydrogen-bond donors (Lipinski definition) is 0. The van der Waals surface area contributed by atoms with Gasteiger partial charge in [-0.05, 0) is 97.9 Å². The Morgan fingerprint density at radius 2 is 1.02 bits per heavy atom. The van der Waals surface area contributed by atoms with Crippen LogP contribution in [0.2, 0.25) is 0 Å². The third-order valence-corrected chi connectivity index (χ3v) is 10.5. The Hall–Kier alpha value is -4.64. The first kappa shape index (κ1) is 31.6. The summed E-state index contributed by atoms with van der Waals surface area (Å²) in [5.74, 6) is 1.60. The lowest BCUT2D eigenvalue weighted by atomic mass is 9.33. The van der Waals surface area contributed by atoms with Crippen molar-refractivity contribution in [3.8, 4) is 11.5 Å². The largest absolute Gasteiger partial charge is 0.486 e. The molecule has 5 aromatic rings. The van der Waals surface area contributed by atoms with Gasteiger partial charge in [-0.1, -0.05) is 105 Å². The maximum absolute atomic E-state index is 6.13. The quantitative estimate of drug-likeness (QED) is 0.175. The standard InChI is InChI=1S/C44H47BN2O2/c1-42(2,3)28-14-17-31(18-15-28)46-36-20-16-29(43(4,5)6)24-34(36)45-33-12-10-11-13-35(33)47(32-19-21-39-40(27-32)49-23-22-48-39)38-26-30(44(7,8)9)25-37(46)41(38)45/h10-21,24-27H,22-23H2,1-9H3. The topological polar surface area (TPSA) is 24.9 Å². The summed E-state index contributed by atoms with van der Waals surface area (Å²) in [5, 5.41) is 0. The molecule has 0 aliphatic carbocycles. The fourth-order valence-corrected chi connectivity index (χ4v) is 7.69. The van der Waals surface area contributed by atoms with Crippen LogP contribution in [0.25, 0.3) is 0 Å². The molecule has 0 atom stereocenters. The van der Waals surface area contributed by atoms with E-state index in [1.807, 2.05) is 0 Å². The number of para-hydroxylation sites is 1. The number of benzene rings is 5. The number of rotatable bonds is 2. The Labute approximate surface area is 292 Å². The molecular formula is C44H47BN2O2. The van der Waals surface area contributed by atoms with E-state index in [-0.39, 0.29) is 23.0 Å². The van der Waals surface area contributed by atoms with E-state index < -0.39 is 0 Å². The van der Waals surface area contributed by atoms with Crippen LogP contribution >= 0.6 is 0 Å². The Kier molecular flexibility index (Phi) is 7.06. The lowest BCUT2D eigenvalue weighted by molar-refractivity contribution is 0.171. The summed E-state index contributed by atoms with van der Waals surface area (Å²) < 4.78 is 12.1. The van der Waals surface area contributed by atoms with Gasteiger partial charge < -0.3 is 19.3 Å². The van der Waals surface area contributed by atoms with E-state index in [0.29, 0.717) is 13.2 Å². The van der Waals surface area contributed by atoms with Gasteiger partial charge in [0.1, 0.15) is 13.2 Å². The molecule has 0 saturated carbocycles. The monoisotopic (exact) mass is 646 g/mol. The average Bonchev–Trinajstić information content (AvgIpc) is 3.06. The van der Waals surface area contributed by atoms with Gasteiger partial charge in [0.2, 0.25) is 0 Å². The zero-order valence-corrected chi connectivity index (χ0v) is 30.4. The fourth-order valence-electron chi connectivity index (χ4n) is 7.69. The van der Waals surface area contributed by atoms with E-state index in [0.717, 1.165) is 17.2 Å². The van der Waals surface area contributed by atoms with Gasteiger partial charge >= 0.3 is 0 Å². The second-order valence-corrected chi connectivity index (χ2v) is 17.0. The number of fused-ring (bicyclic) bond motifs is 5. The van der Waals surface area contributed by atoms with Gasteiger partial charge in [0.25, 0.3) is 6.71 Å². The molecule has 0 N–H and O–H groups in total. The summed E-state index contributed by atoms with van der Waals surface area (Å²) in [4.78, 5) is 4.98. The molecule has 0 saturated heterocycles. The van der Waals surface area contributed by atoms with Crippen LogP contribution in [0.4, 0.5) is 34.1 Å². The van der Waals surface area contributed by atoms with Gasteiger partial charge in [0.15, 0.2) is 11.5 Å². The van der Waals surface area contributed by atoms with Crippen LogP contribution in [-0.4, -0.2) is 19.9 Å². The third-order valence-electron chi connectivity index (χ3n) is 10.5. The number of hydrogen-bond acceptors (Lipinski definition) is 4. The van der Waals surface area contributed by atoms with E-state index in [9.17, 15) is 0 Å². The van der Waals surface area contributed by atoms with Gasteiger partial charge in [-0.25, -0.2) is 0 Å². The Bertz CT molecular complexity index is 2100. The first-order chi connectivity index (χ1) is 23.2. The molecule has 5 aromatic carbocycles. The van der Waals surface area contributed by atoms with Crippen LogP contribution in [0.5, 0.6) is 11.5 Å². The lowest BCUT2D eigenvalue weighted by Crippen LogP contribution is -2.61. The highest BCUT2D eigenvalue weighted by molar-refractivity contribution is 7.00. The van der Waals surface area contributed by atoms with Crippen molar-refractivity contribution >= 4 is 57.2 Å². The molecule has 49 heavy (non-hydrogen) atoms. The van der Waals surface area contributed by atoms with Crippen LogP contribution < -0.4 is 35.7 Å². The van der Waals surface area contributed by atoms with Gasteiger partial charge in [-0.15, -0.1) is 0 Å². The molecule has 0 bridgehead atoms. The molecule has 3 aliphatic heterocycles. The average molecular weight is 647 g/mol. The summed E-state index contributed by atoms with van der Waals surface area (Å²) in [6.07, 6.45) is 0. The molecule has 3 aliphatic rings. The predicted molar refractivity (Wildman–Crippen MR) is 208 cm³/mol. The van der Waals surface area contributed by atoms with Crippen molar-refractivity contribution in [2.24, 2.45) is 0 Å². The van der Waals surface area contributed by atoms with Crippen LogP contribution in [0.15, 0.2) is 97.1 Å². The van der Waals surface area contributed by atoms with Crippen LogP contribution in [0.3, 0.4) is 0 Å². The Balaban J connectivity index is 1.46. The van der Waals surface area contributed by atoms with Crippen LogP contribution in [0.1, 0.15) is 79.0 Å². The molecule has 0 spiro atoms. The van der Waals surface area contributed by atoms with E-state index >= 15 is 0 Å². The molecule has 0 unspecified atom stereocenters. The normalized spacial score (nSPS) is 15.1. The molecule has 8 rings (SSSR count). The predicted octanol–water partition coefficient (Wildman–Crippen LogP) is 9.43. The molecule has 0 aromatic heterocycles. The van der Waals surface area contributed by atoms with Crippen molar-refractivity contribution in [3.05, 3.63) is 114 Å². The smallest absolute Gasteiger partial charge is 0.252 e. The molecular weight excluding hydrogens is 599 g/mol. The number of anilines is 6. The SMILES string of the molecule is CC(C)(C)c1ccc(N2c3ccc(C(C)(C)C)cc3B3c4ccccc4N(c4ccc5c(c4)OCCO5)c4cc(C(C)(C)C)cc2c43)cc1. The molecule has 3 heterocycles. The number of nitrogens with zero attached hydrogens (tertiary/aromatic N) is 2. The van der Waals surface area contributed by atoms with Crippen molar-refractivity contribution in [2.75, 3.05) is 23.0 Å². The van der Waals surface area contributed by atoms with Gasteiger partial charge in [0, 0.05) is 34.5 Å². The molecule has 5 heteroatoms. The zero-order valence-electron chi connectivity index (χ0n) is 30.4. The number of ether oxygens (including phenoxy) is 2. The first-order valence-corrected chi connectivity index (χ1v) is 17.7. The summed E-state index contributed by atoms with van der Waals surface area (Å²) in [6, 6.07) is 36.7. The minimum atomic E-state index is -0.0748. The van der Waals surface area contributed by atoms with Crippen molar-refractivity contribution in [1.82, 2.24) is 0 Å². The Morgan fingerprint density at radius 1 is 0.469 bits per heavy atom. The van der Waals surface area contributed by atoms with Crippen LogP contribution in [-0.2, 0) is 16.2 Å². The summed E-state index contributed by atoms with van der Waals surface area (Å²) >= 11 is 0. The maximum atomic E-state index is 6.13. The van der Waals surface area contributed by atoms with Crippen molar-refractivity contribution in [1.29, 1.82) is 0 Å². The minimum Gasteiger partial charge on any atom is -0.486 e. The molecule has 248 valence electrons. The summed E-state index contributed by atoms with van der Waals surface area (Å²) in [6.45, 7) is 21.9. The van der Waals surface area contributed by atoms with E-state index in [2.05, 4.69) is 169 Å². The summed E-state index contributed by atoms with van der Waals surface area (Å²) in [5.41, 5.74) is 15.1. The van der Waals surface area contributed by atoms with Crippen molar-refractivity contribution < 1.29 is 9.47 Å². The van der Waals surface area contributed by atoms with Crippen molar-refractivity contribution in [3.63, 3.8) is 0 Å². The molecule has 4 nitrogen and oxygen atoms in total. The fraction of sp³-hybridized carbons (Fsp3) is 0.318. The van der Waals surface area contributed by atoms with Gasteiger partial charge in [-0.3, -0.25) is 0 Å². The highest BCUT2D eigenvalue weighted by atomic mass is 16.6. The highest BCUT2D eigenvalue weighted by Gasteiger charge is 2.44. The van der Waals surface area contributed by atoms with Crippen LogP contribution in [0, 0.1) is 0 Å². The minimum absolute atomic E-state index is 0.0127. The van der Waals surface area contributed by atoms with E-state index in [4.69, 9.17) is 9.47 Å². The lowest BCUT2D eigenvalue weighted by Gasteiger charge is -2.45. The van der Waals surface area contributed by atoms with E-state index in [1.165, 1.54) is 61.5 Å².